The predicted octanol–water partition coefficient (Wildman–Crippen LogP) is 6.29. The number of aromatic nitrogens is 2. The van der Waals surface area contributed by atoms with Gasteiger partial charge in [-0.05, 0) is 43.0 Å². The number of benzene rings is 2. The zero-order chi connectivity index (χ0) is 30.4. The Balaban J connectivity index is 0.000000219. The molecule has 0 saturated heterocycles. The van der Waals surface area contributed by atoms with Crippen molar-refractivity contribution in [3.63, 3.8) is 0 Å². The molecule has 0 fully saturated rings. The largest absolute Gasteiger partial charge is 0.481 e. The van der Waals surface area contributed by atoms with E-state index in [-0.39, 0.29) is 35.4 Å². The molecule has 2 aliphatic heterocycles. The van der Waals surface area contributed by atoms with E-state index in [2.05, 4.69) is 29.1 Å². The van der Waals surface area contributed by atoms with Crippen molar-refractivity contribution in [2.75, 3.05) is 31.1 Å². The fourth-order valence-corrected chi connectivity index (χ4v) is 6.35. The van der Waals surface area contributed by atoms with Crippen molar-refractivity contribution < 1.29 is 18.7 Å². The molecule has 0 N–H and O–H groups in total. The van der Waals surface area contributed by atoms with Crippen LogP contribution in [0.25, 0.3) is 0 Å². The number of hydrogen-bond acceptors (Lipinski definition) is 7. The van der Waals surface area contributed by atoms with Gasteiger partial charge in [0, 0.05) is 54.4 Å². The predicted molar refractivity (Wildman–Crippen MR) is 167 cm³/mol. The van der Waals surface area contributed by atoms with E-state index in [4.69, 9.17) is 22.8 Å². The van der Waals surface area contributed by atoms with E-state index >= 15 is 0 Å². The van der Waals surface area contributed by atoms with Gasteiger partial charge in [-0.15, -0.1) is 6.42 Å². The topological polar surface area (TPSA) is 80.0 Å². The van der Waals surface area contributed by atoms with Crippen LogP contribution in [0.2, 0.25) is 5.02 Å². The number of ether oxygens (including phenoxy) is 1. The fraction of sp³-hybridized carbons (Fsp3) is 0.400. The molecule has 0 aliphatic carbocycles. The average Bonchev–Trinajstić information content (AvgIpc) is 3.46. The molecule has 222 valence electrons. The summed E-state index contributed by atoms with van der Waals surface area (Å²) in [5.41, 5.74) is 1.80. The number of nitrogens with zero attached hydrogens (tertiary/aromatic N) is 5. The number of thioether (sulfide) groups is 1. The molecule has 0 saturated carbocycles. The van der Waals surface area contributed by atoms with E-state index in [0.717, 1.165) is 42.5 Å². The van der Waals surface area contributed by atoms with Gasteiger partial charge in [0.1, 0.15) is 17.3 Å². The maximum absolute atomic E-state index is 14.5. The third-order valence-electron chi connectivity index (χ3n) is 6.73. The van der Waals surface area contributed by atoms with Crippen LogP contribution in [-0.4, -0.2) is 51.2 Å². The lowest BCUT2D eigenvalue weighted by Gasteiger charge is -2.28. The molecule has 0 atom stereocenters. The van der Waals surface area contributed by atoms with Crippen LogP contribution in [0, 0.1) is 23.6 Å². The van der Waals surface area contributed by atoms with Crippen LogP contribution in [0.5, 0.6) is 5.75 Å². The molecule has 3 aromatic rings. The zero-order valence-electron chi connectivity index (χ0n) is 24.0. The first-order chi connectivity index (χ1) is 20.0. The standard InChI is InChI=1S/C18H17FN4O2S.C12H16ClNOS/c1-4-5-22-13-7-12(11(19)6-14(13)25-9-16(22)24)20-17-23-10-18(2,3)8-15(23)21-26-17;1-3-14(4-2)12(15)16-9-10-5-7-11(13)8-6-10/h1,6-7H,5,8-10H2,2-3H3;5-8H,3-4,9H2,1-2H3. The second kappa shape index (κ2) is 13.8. The third kappa shape index (κ3) is 7.54. The number of carbonyl (C=O) groups is 2. The summed E-state index contributed by atoms with van der Waals surface area (Å²) in [5, 5.41) is 0.865. The molecule has 0 radical (unpaired) electrons. The van der Waals surface area contributed by atoms with Gasteiger partial charge >= 0.3 is 0 Å². The summed E-state index contributed by atoms with van der Waals surface area (Å²) in [7, 11) is 0. The van der Waals surface area contributed by atoms with Crippen LogP contribution in [0.15, 0.2) is 41.4 Å². The third-order valence-corrected chi connectivity index (χ3v) is 8.74. The minimum atomic E-state index is -0.515. The van der Waals surface area contributed by atoms with Crippen molar-refractivity contribution in [3.05, 3.63) is 63.4 Å². The van der Waals surface area contributed by atoms with Crippen molar-refractivity contribution in [1.82, 2.24) is 13.8 Å². The van der Waals surface area contributed by atoms with Gasteiger partial charge < -0.3 is 14.2 Å². The van der Waals surface area contributed by atoms with Gasteiger partial charge in [0.15, 0.2) is 12.4 Å². The number of anilines is 1. The molecule has 2 amide bonds. The number of terminal acetylenes is 1. The lowest BCUT2D eigenvalue weighted by molar-refractivity contribution is -0.121. The van der Waals surface area contributed by atoms with Crippen LogP contribution in [0.4, 0.5) is 20.6 Å². The van der Waals surface area contributed by atoms with Crippen LogP contribution in [0.3, 0.4) is 0 Å². The minimum absolute atomic E-state index is 0.0964. The van der Waals surface area contributed by atoms with E-state index in [1.54, 1.807) is 0 Å². The van der Waals surface area contributed by atoms with Crippen molar-refractivity contribution >= 4 is 57.4 Å². The van der Waals surface area contributed by atoms with Crippen LogP contribution in [-0.2, 0) is 23.5 Å². The fourth-order valence-electron chi connectivity index (χ4n) is 4.54. The molecule has 2 aliphatic rings. The molecule has 8 nitrogen and oxygen atoms in total. The second-order valence-corrected chi connectivity index (χ2v) is 12.6. The summed E-state index contributed by atoms with van der Waals surface area (Å²) >= 11 is 8.37. The van der Waals surface area contributed by atoms with E-state index in [9.17, 15) is 14.0 Å². The van der Waals surface area contributed by atoms with Gasteiger partial charge in [-0.25, -0.2) is 9.38 Å². The van der Waals surface area contributed by atoms with E-state index in [0.29, 0.717) is 22.0 Å². The van der Waals surface area contributed by atoms with E-state index < -0.39 is 5.82 Å². The Morgan fingerprint density at radius 3 is 2.67 bits per heavy atom. The highest BCUT2D eigenvalue weighted by atomic mass is 35.5. The quantitative estimate of drug-likeness (QED) is 0.299. The smallest absolute Gasteiger partial charge is 0.281 e. The first-order valence-corrected chi connectivity index (χ1v) is 15.6. The van der Waals surface area contributed by atoms with E-state index in [1.165, 1.54) is 40.3 Å². The molecule has 12 heteroatoms. The van der Waals surface area contributed by atoms with Crippen molar-refractivity contribution in [3.8, 4) is 18.1 Å². The highest BCUT2D eigenvalue weighted by Crippen LogP contribution is 2.37. The van der Waals surface area contributed by atoms with Crippen LogP contribution < -0.4 is 14.4 Å². The highest BCUT2D eigenvalue weighted by Gasteiger charge is 2.31. The van der Waals surface area contributed by atoms with Gasteiger partial charge in [0.25, 0.3) is 11.1 Å². The Morgan fingerprint density at radius 1 is 1.29 bits per heavy atom. The molecule has 0 unspecified atom stereocenters. The summed E-state index contributed by atoms with van der Waals surface area (Å²) in [4.78, 5) is 32.1. The summed E-state index contributed by atoms with van der Waals surface area (Å²) in [6.45, 7) is 10.6. The Bertz CT molecular complexity index is 1560. The molecule has 0 spiro atoms. The zero-order valence-corrected chi connectivity index (χ0v) is 26.4. The number of hydrogen-bond donors (Lipinski definition) is 0. The molecule has 3 heterocycles. The monoisotopic (exact) mass is 629 g/mol. The number of fused-ring (bicyclic) bond motifs is 2. The molecular weight excluding hydrogens is 597 g/mol. The van der Waals surface area contributed by atoms with Gasteiger partial charge in [-0.2, -0.15) is 4.37 Å². The normalized spacial score (nSPS) is 15.2. The average molecular weight is 630 g/mol. The van der Waals surface area contributed by atoms with Crippen molar-refractivity contribution in [2.24, 2.45) is 10.4 Å². The number of rotatable bonds is 6. The maximum atomic E-state index is 14.5. The van der Waals surface area contributed by atoms with Gasteiger partial charge in [0.2, 0.25) is 4.80 Å². The molecule has 2 aromatic carbocycles. The van der Waals surface area contributed by atoms with Gasteiger partial charge in [0.05, 0.1) is 12.2 Å². The Kier molecular flexibility index (Phi) is 10.4. The molecule has 0 bridgehead atoms. The first-order valence-electron chi connectivity index (χ1n) is 13.5. The van der Waals surface area contributed by atoms with Crippen molar-refractivity contribution in [1.29, 1.82) is 0 Å². The van der Waals surface area contributed by atoms with Crippen LogP contribution >= 0.6 is 34.9 Å². The molecule has 42 heavy (non-hydrogen) atoms. The van der Waals surface area contributed by atoms with Gasteiger partial charge in [-0.3, -0.25) is 14.5 Å². The van der Waals surface area contributed by atoms with E-state index in [1.807, 2.05) is 47.6 Å². The molecule has 1 aromatic heterocycles. The first kappa shape index (κ1) is 31.6. The van der Waals surface area contributed by atoms with Gasteiger partial charge in [-0.1, -0.05) is 55.3 Å². The summed E-state index contributed by atoms with van der Waals surface area (Å²) in [6, 6.07) is 10.3. The lowest BCUT2D eigenvalue weighted by atomic mass is 9.92. The lowest BCUT2D eigenvalue weighted by Crippen LogP contribution is -2.39. The Hall–Kier alpha value is -3.33. The molecular formula is C30H33ClFN5O3S2. The number of amides is 2. The summed E-state index contributed by atoms with van der Waals surface area (Å²) in [6.07, 6.45) is 6.22. The summed E-state index contributed by atoms with van der Waals surface area (Å²) in [5.74, 6) is 3.62. The number of halogens is 2. The number of carbonyl (C=O) groups excluding carboxylic acids is 2. The SMILES string of the molecule is C#CCN1C(=O)COc2cc(F)c(N=c3snc4n3CC(C)(C)C4)cc21.CCN(CC)C(=O)SCc1ccc(Cl)cc1. The summed E-state index contributed by atoms with van der Waals surface area (Å²) < 4.78 is 26.3. The Labute approximate surface area is 258 Å². The highest BCUT2D eigenvalue weighted by molar-refractivity contribution is 8.12. The molecule has 5 rings (SSSR count). The second-order valence-electron chi connectivity index (χ2n) is 10.5. The Morgan fingerprint density at radius 2 is 2.00 bits per heavy atom. The van der Waals surface area contributed by atoms with Crippen molar-refractivity contribution in [2.45, 2.75) is 46.4 Å². The van der Waals surface area contributed by atoms with Crippen LogP contribution in [0.1, 0.15) is 39.1 Å². The minimum Gasteiger partial charge on any atom is -0.481 e. The maximum Gasteiger partial charge on any atom is 0.281 e.